The topological polar surface area (TPSA) is 50.9 Å². The van der Waals surface area contributed by atoms with E-state index in [0.717, 1.165) is 24.2 Å². The Morgan fingerprint density at radius 1 is 1.28 bits per heavy atom. The number of hydrogen-bond donors (Lipinski definition) is 2. The summed E-state index contributed by atoms with van der Waals surface area (Å²) in [6.45, 7) is 0.716. The van der Waals surface area contributed by atoms with Crippen LogP contribution in [0.4, 0.5) is 11.4 Å². The zero-order valence-corrected chi connectivity index (χ0v) is 10.8. The van der Waals surface area contributed by atoms with E-state index in [2.05, 4.69) is 22.4 Å². The first-order valence-electron chi connectivity index (χ1n) is 5.95. The molecule has 18 heavy (non-hydrogen) atoms. The van der Waals surface area contributed by atoms with Crippen molar-refractivity contribution in [1.82, 2.24) is 4.98 Å². The van der Waals surface area contributed by atoms with E-state index >= 15 is 0 Å². The molecule has 0 fully saturated rings. The van der Waals surface area contributed by atoms with E-state index in [0.29, 0.717) is 11.6 Å². The van der Waals surface area contributed by atoms with Crippen molar-refractivity contribution in [1.29, 1.82) is 0 Å². The van der Waals surface area contributed by atoms with Crippen molar-refractivity contribution in [3.8, 4) is 0 Å². The second-order valence-electron chi connectivity index (χ2n) is 4.07. The minimum atomic E-state index is 0.616. The van der Waals surface area contributed by atoms with Crippen LogP contribution in [-0.4, -0.2) is 11.5 Å². The van der Waals surface area contributed by atoms with Crippen molar-refractivity contribution in [2.45, 2.75) is 12.8 Å². The van der Waals surface area contributed by atoms with Gasteiger partial charge in [0.15, 0.2) is 0 Å². The number of nitrogens with zero attached hydrogens (tertiary/aromatic N) is 1. The van der Waals surface area contributed by atoms with Crippen molar-refractivity contribution in [2.75, 3.05) is 11.9 Å². The van der Waals surface area contributed by atoms with Gasteiger partial charge in [-0.1, -0.05) is 23.7 Å². The highest BCUT2D eigenvalue weighted by atomic mass is 35.5. The summed E-state index contributed by atoms with van der Waals surface area (Å²) in [5, 5.41) is 3.90. The number of anilines is 2. The van der Waals surface area contributed by atoms with Crippen LogP contribution < -0.4 is 11.1 Å². The van der Waals surface area contributed by atoms with Gasteiger partial charge in [0.25, 0.3) is 0 Å². The van der Waals surface area contributed by atoms with E-state index in [4.69, 9.17) is 17.3 Å². The highest BCUT2D eigenvalue weighted by molar-refractivity contribution is 6.33. The minimum Gasteiger partial charge on any atom is -0.354 e. The molecule has 0 bridgehead atoms. The number of nitrogens with two attached hydrogens (primary N) is 1. The lowest BCUT2D eigenvalue weighted by atomic mass is 10.1. The van der Waals surface area contributed by atoms with Gasteiger partial charge in [-0.2, -0.15) is 0 Å². The zero-order valence-electron chi connectivity index (χ0n) is 10.1. The summed E-state index contributed by atoms with van der Waals surface area (Å²) in [5.41, 5.74) is 8.68. The number of rotatable bonds is 5. The monoisotopic (exact) mass is 261 g/mol. The standard InChI is InChI=1S/C14H16ClN3/c15-13-10-17-8-6-14(13)18-12-5-1-3-11(9-12)4-2-7-16/h1,3,5-6,8-10H,2,4,7,16H2,(H,17,18). The van der Waals surface area contributed by atoms with Crippen LogP contribution in [0, 0.1) is 0 Å². The third-order valence-electron chi connectivity index (χ3n) is 2.65. The highest BCUT2D eigenvalue weighted by Crippen LogP contribution is 2.24. The Morgan fingerprint density at radius 2 is 2.17 bits per heavy atom. The van der Waals surface area contributed by atoms with E-state index < -0.39 is 0 Å². The molecule has 3 nitrogen and oxygen atoms in total. The Labute approximate surface area is 112 Å². The summed E-state index contributed by atoms with van der Waals surface area (Å²) in [6.07, 6.45) is 5.34. The number of aromatic nitrogens is 1. The third kappa shape index (κ3) is 3.45. The Balaban J connectivity index is 2.12. The van der Waals surface area contributed by atoms with Gasteiger partial charge in [-0.3, -0.25) is 4.98 Å². The van der Waals surface area contributed by atoms with Crippen LogP contribution in [0.3, 0.4) is 0 Å². The molecule has 0 unspecified atom stereocenters. The maximum absolute atomic E-state index is 6.06. The Kier molecular flexibility index (Phi) is 4.56. The summed E-state index contributed by atoms with van der Waals surface area (Å²) in [7, 11) is 0. The quantitative estimate of drug-likeness (QED) is 0.868. The van der Waals surface area contributed by atoms with Gasteiger partial charge in [-0.05, 0) is 43.1 Å². The summed E-state index contributed by atoms with van der Waals surface area (Å²) in [5.74, 6) is 0. The average molecular weight is 262 g/mol. The fraction of sp³-hybridized carbons (Fsp3) is 0.214. The van der Waals surface area contributed by atoms with E-state index in [1.165, 1.54) is 5.56 Å². The molecule has 0 saturated carbocycles. The third-order valence-corrected chi connectivity index (χ3v) is 2.95. The van der Waals surface area contributed by atoms with Crippen molar-refractivity contribution in [2.24, 2.45) is 5.73 Å². The summed E-state index contributed by atoms with van der Waals surface area (Å²) in [4.78, 5) is 3.96. The average Bonchev–Trinajstić information content (AvgIpc) is 2.40. The smallest absolute Gasteiger partial charge is 0.0824 e. The maximum atomic E-state index is 6.06. The van der Waals surface area contributed by atoms with Crippen LogP contribution >= 0.6 is 11.6 Å². The van der Waals surface area contributed by atoms with Crippen LogP contribution in [0.15, 0.2) is 42.7 Å². The van der Waals surface area contributed by atoms with Crippen molar-refractivity contribution >= 4 is 23.0 Å². The predicted octanol–water partition coefficient (Wildman–Crippen LogP) is 3.37. The van der Waals surface area contributed by atoms with Crippen LogP contribution in [0.5, 0.6) is 0 Å². The molecule has 1 aromatic heterocycles. The fourth-order valence-electron chi connectivity index (χ4n) is 1.74. The molecule has 0 aliphatic heterocycles. The lowest BCUT2D eigenvalue weighted by Gasteiger charge is -2.09. The van der Waals surface area contributed by atoms with Crippen LogP contribution in [-0.2, 0) is 6.42 Å². The van der Waals surface area contributed by atoms with E-state index in [1.54, 1.807) is 12.4 Å². The second-order valence-corrected chi connectivity index (χ2v) is 4.48. The fourth-order valence-corrected chi connectivity index (χ4v) is 1.91. The maximum Gasteiger partial charge on any atom is 0.0824 e. The second kappa shape index (κ2) is 6.38. The normalized spacial score (nSPS) is 10.3. The number of hydrogen-bond acceptors (Lipinski definition) is 3. The van der Waals surface area contributed by atoms with E-state index in [9.17, 15) is 0 Å². The highest BCUT2D eigenvalue weighted by Gasteiger charge is 2.01. The molecule has 0 atom stereocenters. The number of benzene rings is 1. The largest absolute Gasteiger partial charge is 0.354 e. The zero-order chi connectivity index (χ0) is 12.8. The molecule has 3 N–H and O–H groups in total. The molecule has 0 spiro atoms. The molecular formula is C14H16ClN3. The lowest BCUT2D eigenvalue weighted by Crippen LogP contribution is -2.00. The number of halogens is 1. The summed E-state index contributed by atoms with van der Waals surface area (Å²) < 4.78 is 0. The number of aryl methyl sites for hydroxylation is 1. The summed E-state index contributed by atoms with van der Waals surface area (Å²) in [6, 6.07) is 10.1. The van der Waals surface area contributed by atoms with Crippen molar-refractivity contribution in [3.63, 3.8) is 0 Å². The van der Waals surface area contributed by atoms with Gasteiger partial charge in [-0.25, -0.2) is 0 Å². The molecule has 0 aliphatic rings. The Hall–Kier alpha value is -1.58. The first-order valence-corrected chi connectivity index (χ1v) is 6.33. The van der Waals surface area contributed by atoms with Crippen molar-refractivity contribution < 1.29 is 0 Å². The molecule has 0 aliphatic carbocycles. The van der Waals surface area contributed by atoms with Gasteiger partial charge in [0.05, 0.1) is 10.7 Å². The minimum absolute atomic E-state index is 0.616. The Bertz CT molecular complexity index is 514. The molecule has 4 heteroatoms. The molecule has 0 saturated heterocycles. The van der Waals surface area contributed by atoms with Crippen LogP contribution in [0.25, 0.3) is 0 Å². The molecule has 2 aromatic rings. The van der Waals surface area contributed by atoms with Gasteiger partial charge in [0, 0.05) is 18.1 Å². The first kappa shape index (κ1) is 12.9. The molecular weight excluding hydrogens is 246 g/mol. The lowest BCUT2D eigenvalue weighted by molar-refractivity contribution is 0.833. The Morgan fingerprint density at radius 3 is 2.94 bits per heavy atom. The van der Waals surface area contributed by atoms with Gasteiger partial charge >= 0.3 is 0 Å². The van der Waals surface area contributed by atoms with Gasteiger partial charge in [0.2, 0.25) is 0 Å². The summed E-state index contributed by atoms with van der Waals surface area (Å²) >= 11 is 6.06. The SMILES string of the molecule is NCCCc1cccc(Nc2ccncc2Cl)c1. The molecule has 1 heterocycles. The van der Waals surface area contributed by atoms with Crippen LogP contribution in [0.2, 0.25) is 5.02 Å². The van der Waals surface area contributed by atoms with Crippen LogP contribution in [0.1, 0.15) is 12.0 Å². The molecule has 2 rings (SSSR count). The molecule has 0 radical (unpaired) electrons. The number of pyridine rings is 1. The molecule has 94 valence electrons. The van der Waals surface area contributed by atoms with Gasteiger partial charge < -0.3 is 11.1 Å². The van der Waals surface area contributed by atoms with Gasteiger partial charge in [0.1, 0.15) is 0 Å². The molecule has 1 aromatic carbocycles. The van der Waals surface area contributed by atoms with E-state index in [-0.39, 0.29) is 0 Å². The predicted molar refractivity (Wildman–Crippen MR) is 76.3 cm³/mol. The first-order chi connectivity index (χ1) is 8.79. The number of nitrogens with one attached hydrogen (secondary N) is 1. The van der Waals surface area contributed by atoms with E-state index in [1.807, 2.05) is 18.2 Å². The van der Waals surface area contributed by atoms with Crippen molar-refractivity contribution in [3.05, 3.63) is 53.3 Å². The van der Waals surface area contributed by atoms with Gasteiger partial charge in [-0.15, -0.1) is 0 Å². The molecule has 0 amide bonds.